The summed E-state index contributed by atoms with van der Waals surface area (Å²) in [5.41, 5.74) is 1.90. The summed E-state index contributed by atoms with van der Waals surface area (Å²) in [6, 6.07) is 9.85. The molecule has 5 heteroatoms. The van der Waals surface area contributed by atoms with Crippen LogP contribution >= 0.6 is 0 Å². The number of aromatic nitrogens is 3. The van der Waals surface area contributed by atoms with Crippen molar-refractivity contribution in [2.75, 3.05) is 0 Å². The van der Waals surface area contributed by atoms with E-state index >= 15 is 0 Å². The van der Waals surface area contributed by atoms with Gasteiger partial charge in [-0.1, -0.05) is 35.5 Å². The van der Waals surface area contributed by atoms with Crippen molar-refractivity contribution in [1.29, 1.82) is 0 Å². The lowest BCUT2D eigenvalue weighted by Crippen LogP contribution is -2.08. The summed E-state index contributed by atoms with van der Waals surface area (Å²) in [6.45, 7) is -0.151. The summed E-state index contributed by atoms with van der Waals surface area (Å²) < 4.78 is 1.32. The average molecular weight is 217 g/mol. The van der Waals surface area contributed by atoms with Crippen LogP contribution < -0.4 is 0 Å². The minimum atomic E-state index is -0.920. The van der Waals surface area contributed by atoms with Gasteiger partial charge < -0.3 is 5.11 Å². The van der Waals surface area contributed by atoms with Gasteiger partial charge in [-0.25, -0.2) is 4.68 Å². The molecule has 1 aromatic heterocycles. The van der Waals surface area contributed by atoms with Gasteiger partial charge in [-0.2, -0.15) is 0 Å². The van der Waals surface area contributed by atoms with Crippen molar-refractivity contribution >= 4 is 5.97 Å². The zero-order chi connectivity index (χ0) is 11.4. The predicted molar refractivity (Wildman–Crippen MR) is 56.9 cm³/mol. The van der Waals surface area contributed by atoms with E-state index in [4.69, 9.17) is 5.11 Å². The normalized spacial score (nSPS) is 10.2. The maximum Gasteiger partial charge on any atom is 0.325 e. The molecule has 1 heterocycles. The van der Waals surface area contributed by atoms with Crippen LogP contribution in [0.25, 0.3) is 0 Å². The SMILES string of the molecule is O=C(O)Cn1cc(Cc2ccccc2)nn1. The van der Waals surface area contributed by atoms with E-state index in [1.165, 1.54) is 4.68 Å². The number of carbonyl (C=O) groups is 1. The summed E-state index contributed by atoms with van der Waals surface area (Å²) in [4.78, 5) is 10.4. The number of carboxylic acid groups (broad SMARTS) is 1. The Morgan fingerprint density at radius 2 is 2.06 bits per heavy atom. The first-order valence-electron chi connectivity index (χ1n) is 4.89. The van der Waals surface area contributed by atoms with E-state index in [1.54, 1.807) is 6.20 Å². The topological polar surface area (TPSA) is 68.0 Å². The van der Waals surface area contributed by atoms with Crippen molar-refractivity contribution in [3.05, 3.63) is 47.8 Å². The number of hydrogen-bond donors (Lipinski definition) is 1. The van der Waals surface area contributed by atoms with Crippen molar-refractivity contribution in [1.82, 2.24) is 15.0 Å². The molecule has 0 aliphatic rings. The summed E-state index contributed by atoms with van der Waals surface area (Å²) in [7, 11) is 0. The Morgan fingerprint density at radius 1 is 1.31 bits per heavy atom. The summed E-state index contributed by atoms with van der Waals surface area (Å²) in [5.74, 6) is -0.920. The lowest BCUT2D eigenvalue weighted by Gasteiger charge is -1.95. The molecule has 82 valence electrons. The Morgan fingerprint density at radius 3 is 2.75 bits per heavy atom. The Bertz CT molecular complexity index is 479. The predicted octanol–water partition coefficient (Wildman–Crippen LogP) is 0.954. The smallest absolute Gasteiger partial charge is 0.325 e. The molecular weight excluding hydrogens is 206 g/mol. The molecule has 2 rings (SSSR count). The molecule has 0 aliphatic carbocycles. The third-order valence-electron chi connectivity index (χ3n) is 2.11. The lowest BCUT2D eigenvalue weighted by atomic mass is 10.1. The van der Waals surface area contributed by atoms with Crippen LogP contribution in [-0.2, 0) is 17.8 Å². The standard InChI is InChI=1S/C11H11N3O2/c15-11(16)8-14-7-10(12-13-14)6-9-4-2-1-3-5-9/h1-5,7H,6,8H2,(H,15,16). The van der Waals surface area contributed by atoms with E-state index in [-0.39, 0.29) is 6.54 Å². The van der Waals surface area contributed by atoms with Crippen LogP contribution in [0, 0.1) is 0 Å². The Kier molecular flexibility index (Phi) is 2.95. The van der Waals surface area contributed by atoms with E-state index in [2.05, 4.69) is 10.3 Å². The number of rotatable bonds is 4. The highest BCUT2D eigenvalue weighted by Crippen LogP contribution is 2.05. The minimum absolute atomic E-state index is 0.151. The molecule has 0 spiro atoms. The quantitative estimate of drug-likeness (QED) is 0.828. The van der Waals surface area contributed by atoms with Crippen LogP contribution in [-0.4, -0.2) is 26.1 Å². The average Bonchev–Trinajstić information content (AvgIpc) is 2.66. The van der Waals surface area contributed by atoms with Gasteiger partial charge in [0.15, 0.2) is 0 Å². The lowest BCUT2D eigenvalue weighted by molar-refractivity contribution is -0.137. The number of aliphatic carboxylic acids is 1. The fourth-order valence-corrected chi connectivity index (χ4v) is 1.44. The van der Waals surface area contributed by atoms with Gasteiger partial charge in [-0.05, 0) is 5.56 Å². The van der Waals surface area contributed by atoms with Gasteiger partial charge in [0.1, 0.15) is 6.54 Å². The molecule has 0 aliphatic heterocycles. The fraction of sp³-hybridized carbons (Fsp3) is 0.182. The zero-order valence-corrected chi connectivity index (χ0v) is 8.58. The Labute approximate surface area is 92.3 Å². The number of nitrogens with zero attached hydrogens (tertiary/aromatic N) is 3. The van der Waals surface area contributed by atoms with Crippen molar-refractivity contribution in [3.63, 3.8) is 0 Å². The number of carboxylic acids is 1. The molecular formula is C11H11N3O2. The zero-order valence-electron chi connectivity index (χ0n) is 8.58. The molecule has 5 nitrogen and oxygen atoms in total. The van der Waals surface area contributed by atoms with Gasteiger partial charge in [-0.15, -0.1) is 5.10 Å². The third-order valence-corrected chi connectivity index (χ3v) is 2.11. The molecule has 0 bridgehead atoms. The highest BCUT2D eigenvalue weighted by Gasteiger charge is 2.04. The third kappa shape index (κ3) is 2.66. The van der Waals surface area contributed by atoms with Gasteiger partial charge in [0, 0.05) is 12.6 Å². The van der Waals surface area contributed by atoms with Crippen LogP contribution in [0.3, 0.4) is 0 Å². The van der Waals surface area contributed by atoms with Crippen molar-refractivity contribution in [3.8, 4) is 0 Å². The molecule has 1 aromatic carbocycles. The number of benzene rings is 1. The van der Waals surface area contributed by atoms with Crippen LogP contribution in [0.1, 0.15) is 11.3 Å². The van der Waals surface area contributed by atoms with E-state index in [0.717, 1.165) is 11.3 Å². The van der Waals surface area contributed by atoms with Gasteiger partial charge >= 0.3 is 5.97 Å². The Hall–Kier alpha value is -2.17. The van der Waals surface area contributed by atoms with Crippen molar-refractivity contribution < 1.29 is 9.90 Å². The summed E-state index contributed by atoms with van der Waals surface area (Å²) in [5, 5.41) is 16.2. The fourth-order valence-electron chi connectivity index (χ4n) is 1.44. The Balaban J connectivity index is 2.06. The van der Waals surface area contributed by atoms with Crippen molar-refractivity contribution in [2.24, 2.45) is 0 Å². The maximum atomic E-state index is 10.4. The monoisotopic (exact) mass is 217 g/mol. The molecule has 16 heavy (non-hydrogen) atoms. The van der Waals surface area contributed by atoms with Gasteiger partial charge in [0.25, 0.3) is 0 Å². The molecule has 0 unspecified atom stereocenters. The van der Waals surface area contributed by atoms with Crippen molar-refractivity contribution in [2.45, 2.75) is 13.0 Å². The second-order valence-electron chi connectivity index (χ2n) is 3.46. The molecule has 0 atom stereocenters. The minimum Gasteiger partial charge on any atom is -0.480 e. The molecule has 0 saturated carbocycles. The van der Waals surface area contributed by atoms with E-state index < -0.39 is 5.97 Å². The van der Waals surface area contributed by atoms with E-state index in [9.17, 15) is 4.79 Å². The molecule has 2 aromatic rings. The van der Waals surface area contributed by atoms with Crippen LogP contribution in [0.15, 0.2) is 36.5 Å². The van der Waals surface area contributed by atoms with E-state index in [1.807, 2.05) is 30.3 Å². The highest BCUT2D eigenvalue weighted by atomic mass is 16.4. The first-order valence-corrected chi connectivity index (χ1v) is 4.89. The first kappa shape index (κ1) is 10.4. The molecule has 1 N–H and O–H groups in total. The van der Waals surface area contributed by atoms with Gasteiger partial charge in [0.2, 0.25) is 0 Å². The molecule has 0 radical (unpaired) electrons. The molecule has 0 fully saturated rings. The molecule has 0 saturated heterocycles. The highest BCUT2D eigenvalue weighted by molar-refractivity contribution is 5.66. The first-order chi connectivity index (χ1) is 7.74. The van der Waals surface area contributed by atoms with Crippen LogP contribution in [0.4, 0.5) is 0 Å². The second-order valence-corrected chi connectivity index (χ2v) is 3.46. The van der Waals surface area contributed by atoms with Gasteiger partial charge in [-0.3, -0.25) is 4.79 Å². The van der Waals surface area contributed by atoms with E-state index in [0.29, 0.717) is 6.42 Å². The second kappa shape index (κ2) is 4.57. The van der Waals surface area contributed by atoms with Gasteiger partial charge in [0.05, 0.1) is 5.69 Å². The maximum absolute atomic E-state index is 10.4. The summed E-state index contributed by atoms with van der Waals surface area (Å²) >= 11 is 0. The van der Waals surface area contributed by atoms with Crippen LogP contribution in [0.2, 0.25) is 0 Å². The summed E-state index contributed by atoms with van der Waals surface area (Å²) in [6.07, 6.45) is 2.32. The van der Waals surface area contributed by atoms with Crippen LogP contribution in [0.5, 0.6) is 0 Å². The molecule has 0 amide bonds. The number of hydrogen-bond acceptors (Lipinski definition) is 3. The largest absolute Gasteiger partial charge is 0.480 e.